The van der Waals surface area contributed by atoms with Crippen LogP contribution >= 0.6 is 15.9 Å². The van der Waals surface area contributed by atoms with Crippen LogP contribution in [0, 0.1) is 0 Å². The Bertz CT molecular complexity index is 379. The Labute approximate surface area is 85.6 Å². The molecule has 2 rings (SSSR count). The number of carbonyl (C=O) groups excluding carboxylic acids is 1. The summed E-state index contributed by atoms with van der Waals surface area (Å²) in [6, 6.07) is 8.00. The molecule has 1 aromatic rings. The van der Waals surface area contributed by atoms with Gasteiger partial charge in [0.15, 0.2) is 5.78 Å². The van der Waals surface area contributed by atoms with Crippen molar-refractivity contribution in [3.63, 3.8) is 0 Å². The summed E-state index contributed by atoms with van der Waals surface area (Å²) in [5.74, 6) is 0.241. The average molecular weight is 237 g/mol. The zero-order valence-electron chi connectivity index (χ0n) is 7.09. The zero-order valence-corrected chi connectivity index (χ0v) is 8.67. The van der Waals surface area contributed by atoms with Gasteiger partial charge in [-0.1, -0.05) is 34.1 Å². The number of rotatable bonds is 1. The molecular formula is C11H9BrO. The van der Waals surface area contributed by atoms with Gasteiger partial charge < -0.3 is 0 Å². The molecule has 1 aliphatic rings. The fourth-order valence-corrected chi connectivity index (χ4v) is 2.07. The maximum Gasteiger partial charge on any atom is 0.156 e. The molecule has 0 amide bonds. The van der Waals surface area contributed by atoms with E-state index in [4.69, 9.17) is 0 Å². The summed E-state index contributed by atoms with van der Waals surface area (Å²) in [5.41, 5.74) is 2.30. The van der Waals surface area contributed by atoms with Crippen LogP contribution in [0.5, 0.6) is 0 Å². The van der Waals surface area contributed by atoms with Gasteiger partial charge in [-0.05, 0) is 29.7 Å². The molecule has 0 heterocycles. The van der Waals surface area contributed by atoms with Gasteiger partial charge in [0.2, 0.25) is 0 Å². The van der Waals surface area contributed by atoms with Crippen LogP contribution in [0.2, 0.25) is 0 Å². The highest BCUT2D eigenvalue weighted by Crippen LogP contribution is 2.30. The van der Waals surface area contributed by atoms with Crippen LogP contribution in [0.4, 0.5) is 0 Å². The van der Waals surface area contributed by atoms with Crippen molar-refractivity contribution in [2.24, 2.45) is 0 Å². The van der Waals surface area contributed by atoms with Gasteiger partial charge >= 0.3 is 0 Å². The van der Waals surface area contributed by atoms with E-state index < -0.39 is 0 Å². The van der Waals surface area contributed by atoms with Crippen LogP contribution in [-0.4, -0.2) is 5.78 Å². The van der Waals surface area contributed by atoms with Gasteiger partial charge in [-0.2, -0.15) is 0 Å². The van der Waals surface area contributed by atoms with Crippen molar-refractivity contribution < 1.29 is 4.79 Å². The number of benzene rings is 1. The molecule has 0 atom stereocenters. The minimum absolute atomic E-state index is 0.241. The summed E-state index contributed by atoms with van der Waals surface area (Å²) < 4.78 is 1.07. The van der Waals surface area contributed by atoms with Crippen molar-refractivity contribution in [3.8, 4) is 0 Å². The van der Waals surface area contributed by atoms with Crippen LogP contribution in [0.15, 0.2) is 34.8 Å². The third-order valence-electron chi connectivity index (χ3n) is 2.20. The average Bonchev–Trinajstić information content (AvgIpc) is 2.53. The number of hydrogen-bond donors (Lipinski definition) is 0. The molecule has 0 unspecified atom stereocenters. The summed E-state index contributed by atoms with van der Waals surface area (Å²) >= 11 is 3.47. The SMILES string of the molecule is O=C1C=C(c2ccccc2Br)CC1. The second-order valence-electron chi connectivity index (χ2n) is 3.12. The van der Waals surface area contributed by atoms with Crippen molar-refractivity contribution in [3.05, 3.63) is 40.4 Å². The van der Waals surface area contributed by atoms with E-state index in [0.29, 0.717) is 6.42 Å². The van der Waals surface area contributed by atoms with E-state index in [1.54, 1.807) is 6.08 Å². The summed E-state index contributed by atoms with van der Waals surface area (Å²) in [4.78, 5) is 11.0. The van der Waals surface area contributed by atoms with Crippen molar-refractivity contribution in [2.75, 3.05) is 0 Å². The summed E-state index contributed by atoms with van der Waals surface area (Å²) in [5, 5.41) is 0. The third kappa shape index (κ3) is 1.73. The molecule has 0 radical (unpaired) electrons. The van der Waals surface area contributed by atoms with Gasteiger partial charge in [0.25, 0.3) is 0 Å². The summed E-state index contributed by atoms with van der Waals surface area (Å²) in [7, 11) is 0. The maximum atomic E-state index is 11.0. The van der Waals surface area contributed by atoms with Gasteiger partial charge in [0.1, 0.15) is 0 Å². The van der Waals surface area contributed by atoms with Gasteiger partial charge in [-0.25, -0.2) is 0 Å². The van der Waals surface area contributed by atoms with Crippen LogP contribution in [0.25, 0.3) is 5.57 Å². The van der Waals surface area contributed by atoms with E-state index in [1.165, 1.54) is 0 Å². The first-order valence-electron chi connectivity index (χ1n) is 4.25. The van der Waals surface area contributed by atoms with Crippen LogP contribution in [-0.2, 0) is 4.79 Å². The first-order chi connectivity index (χ1) is 6.27. The third-order valence-corrected chi connectivity index (χ3v) is 2.89. The minimum atomic E-state index is 0.241. The molecule has 66 valence electrons. The van der Waals surface area contributed by atoms with Crippen molar-refractivity contribution in [2.45, 2.75) is 12.8 Å². The molecule has 0 spiro atoms. The number of halogens is 1. The fourth-order valence-electron chi connectivity index (χ4n) is 1.53. The number of hydrogen-bond acceptors (Lipinski definition) is 1. The number of carbonyl (C=O) groups is 1. The largest absolute Gasteiger partial charge is 0.295 e. The van der Waals surface area contributed by atoms with E-state index in [2.05, 4.69) is 15.9 Å². The van der Waals surface area contributed by atoms with Gasteiger partial charge in [0.05, 0.1) is 0 Å². The monoisotopic (exact) mass is 236 g/mol. The van der Waals surface area contributed by atoms with E-state index in [9.17, 15) is 4.79 Å². The molecule has 0 N–H and O–H groups in total. The lowest BCUT2D eigenvalue weighted by molar-refractivity contribution is -0.114. The molecule has 0 fully saturated rings. The molecule has 0 bridgehead atoms. The molecular weight excluding hydrogens is 228 g/mol. The minimum Gasteiger partial charge on any atom is -0.295 e. The van der Waals surface area contributed by atoms with E-state index >= 15 is 0 Å². The summed E-state index contributed by atoms with van der Waals surface area (Å²) in [6.45, 7) is 0. The first-order valence-corrected chi connectivity index (χ1v) is 5.05. The molecule has 0 aromatic heterocycles. The molecule has 0 saturated heterocycles. The molecule has 0 aliphatic heterocycles. The van der Waals surface area contributed by atoms with Crippen molar-refractivity contribution in [1.82, 2.24) is 0 Å². The normalized spacial score (nSPS) is 16.1. The number of allylic oxidation sites excluding steroid dienone is 2. The molecule has 0 saturated carbocycles. The Hall–Kier alpha value is -0.890. The van der Waals surface area contributed by atoms with Gasteiger partial charge in [-0.15, -0.1) is 0 Å². The number of ketones is 1. The van der Waals surface area contributed by atoms with Gasteiger partial charge in [0, 0.05) is 10.9 Å². The topological polar surface area (TPSA) is 17.1 Å². The van der Waals surface area contributed by atoms with Crippen LogP contribution < -0.4 is 0 Å². The zero-order chi connectivity index (χ0) is 9.26. The Morgan fingerprint density at radius 2 is 1.92 bits per heavy atom. The van der Waals surface area contributed by atoms with Crippen molar-refractivity contribution >= 4 is 27.3 Å². The lowest BCUT2D eigenvalue weighted by atomic mass is 10.1. The predicted molar refractivity (Wildman–Crippen MR) is 56.4 cm³/mol. The highest BCUT2D eigenvalue weighted by Gasteiger charge is 2.14. The van der Waals surface area contributed by atoms with Crippen LogP contribution in [0.1, 0.15) is 18.4 Å². The smallest absolute Gasteiger partial charge is 0.156 e. The molecule has 2 heteroatoms. The lowest BCUT2D eigenvalue weighted by Gasteiger charge is -2.03. The first kappa shape index (κ1) is 8.70. The maximum absolute atomic E-state index is 11.0. The van der Waals surface area contributed by atoms with Gasteiger partial charge in [-0.3, -0.25) is 4.79 Å². The standard InChI is InChI=1S/C11H9BrO/c12-11-4-2-1-3-10(11)8-5-6-9(13)7-8/h1-4,7H,5-6H2. The van der Waals surface area contributed by atoms with E-state index in [1.807, 2.05) is 24.3 Å². The highest BCUT2D eigenvalue weighted by atomic mass is 79.9. The Morgan fingerprint density at radius 3 is 2.54 bits per heavy atom. The fraction of sp³-hybridized carbons (Fsp3) is 0.182. The Kier molecular flexibility index (Phi) is 2.32. The second kappa shape index (κ2) is 3.46. The molecule has 1 nitrogen and oxygen atoms in total. The Morgan fingerprint density at radius 1 is 1.15 bits per heavy atom. The highest BCUT2D eigenvalue weighted by molar-refractivity contribution is 9.10. The van der Waals surface area contributed by atoms with E-state index in [-0.39, 0.29) is 5.78 Å². The predicted octanol–water partition coefficient (Wildman–Crippen LogP) is 3.20. The van der Waals surface area contributed by atoms with E-state index in [0.717, 1.165) is 22.0 Å². The van der Waals surface area contributed by atoms with Crippen LogP contribution in [0.3, 0.4) is 0 Å². The second-order valence-corrected chi connectivity index (χ2v) is 3.97. The summed E-state index contributed by atoms with van der Waals surface area (Å²) in [6.07, 6.45) is 3.29. The quantitative estimate of drug-likeness (QED) is 0.732. The molecule has 1 aromatic carbocycles. The Balaban J connectivity index is 2.41. The van der Waals surface area contributed by atoms with Crippen molar-refractivity contribution in [1.29, 1.82) is 0 Å². The lowest BCUT2D eigenvalue weighted by Crippen LogP contribution is -1.81. The molecule has 13 heavy (non-hydrogen) atoms. The molecule has 1 aliphatic carbocycles.